The summed E-state index contributed by atoms with van der Waals surface area (Å²) in [5, 5.41) is 11.5. The van der Waals surface area contributed by atoms with Crippen LogP contribution in [0.3, 0.4) is 0 Å². The highest BCUT2D eigenvalue weighted by atomic mass is 16.2. The summed E-state index contributed by atoms with van der Waals surface area (Å²) >= 11 is 0. The number of hydrogen-bond acceptors (Lipinski definition) is 3. The van der Waals surface area contributed by atoms with E-state index in [4.69, 9.17) is 10.8 Å². The van der Waals surface area contributed by atoms with Gasteiger partial charge in [-0.05, 0) is 32.7 Å². The van der Waals surface area contributed by atoms with Crippen LogP contribution >= 0.6 is 0 Å². The Bertz CT molecular complexity index is 162. The monoisotopic (exact) mass is 202 g/mol. The van der Waals surface area contributed by atoms with Crippen LogP contribution in [0.5, 0.6) is 0 Å². The first-order chi connectivity index (χ1) is 6.61. The fraction of sp³-hybridized carbons (Fsp3) is 0.900. The summed E-state index contributed by atoms with van der Waals surface area (Å²) in [7, 11) is 0. The summed E-state index contributed by atoms with van der Waals surface area (Å²) in [4.78, 5) is 11.5. The topological polar surface area (TPSA) is 75.3 Å². The van der Waals surface area contributed by atoms with Crippen LogP contribution in [0.4, 0.5) is 0 Å². The molecule has 0 rings (SSSR count). The lowest BCUT2D eigenvalue weighted by molar-refractivity contribution is -0.125. The largest absolute Gasteiger partial charge is 0.396 e. The van der Waals surface area contributed by atoms with E-state index in [-0.39, 0.29) is 24.5 Å². The molecule has 0 aliphatic rings. The van der Waals surface area contributed by atoms with Crippen LogP contribution in [0.1, 0.15) is 33.1 Å². The number of hydrogen-bond donors (Lipinski definition) is 3. The minimum atomic E-state index is -0.0171. The predicted molar refractivity (Wildman–Crippen MR) is 56.8 cm³/mol. The molecule has 14 heavy (non-hydrogen) atoms. The predicted octanol–water partition coefficient (Wildman–Crippen LogP) is 0.249. The Hall–Kier alpha value is -0.610. The van der Waals surface area contributed by atoms with Gasteiger partial charge in [-0.1, -0.05) is 6.92 Å². The van der Waals surface area contributed by atoms with E-state index in [2.05, 4.69) is 5.32 Å². The summed E-state index contributed by atoms with van der Waals surface area (Å²) in [6, 6.07) is 0.134. The van der Waals surface area contributed by atoms with Crippen LogP contribution in [-0.2, 0) is 4.79 Å². The van der Waals surface area contributed by atoms with Crippen LogP contribution < -0.4 is 11.1 Å². The van der Waals surface area contributed by atoms with Crippen molar-refractivity contribution in [2.45, 2.75) is 39.2 Å². The highest BCUT2D eigenvalue weighted by molar-refractivity contribution is 5.78. The first kappa shape index (κ1) is 13.4. The van der Waals surface area contributed by atoms with Crippen LogP contribution in [0, 0.1) is 5.92 Å². The van der Waals surface area contributed by atoms with Crippen LogP contribution in [0.15, 0.2) is 0 Å². The van der Waals surface area contributed by atoms with E-state index in [1.54, 1.807) is 0 Å². The molecule has 2 unspecified atom stereocenters. The van der Waals surface area contributed by atoms with Gasteiger partial charge >= 0.3 is 0 Å². The molecule has 0 aliphatic carbocycles. The van der Waals surface area contributed by atoms with Crippen molar-refractivity contribution in [3.8, 4) is 0 Å². The first-order valence-corrected chi connectivity index (χ1v) is 5.23. The molecule has 1 amide bonds. The lowest BCUT2D eigenvalue weighted by Crippen LogP contribution is -2.37. The minimum absolute atomic E-state index is 0.0171. The third-order valence-electron chi connectivity index (χ3n) is 2.23. The molecule has 4 nitrogen and oxygen atoms in total. The standard InChI is InChI=1S/C10H22N2O2/c1-8(5-6-11)10(14)12-9(2)4-3-7-13/h8-9,13H,3-7,11H2,1-2H3,(H,12,14). The normalized spacial score (nSPS) is 14.9. The number of aliphatic hydroxyl groups is 1. The zero-order chi connectivity index (χ0) is 11.0. The maximum absolute atomic E-state index is 11.5. The van der Waals surface area contributed by atoms with Gasteiger partial charge in [0.2, 0.25) is 5.91 Å². The van der Waals surface area contributed by atoms with Gasteiger partial charge in [0.1, 0.15) is 0 Å². The molecule has 4 N–H and O–H groups in total. The molecule has 0 aliphatic heterocycles. The van der Waals surface area contributed by atoms with Gasteiger partial charge in [-0.2, -0.15) is 0 Å². The molecule has 0 aromatic heterocycles. The molecular formula is C10H22N2O2. The van der Waals surface area contributed by atoms with Crippen molar-refractivity contribution < 1.29 is 9.90 Å². The number of aliphatic hydroxyl groups excluding tert-OH is 1. The second-order valence-corrected chi connectivity index (χ2v) is 3.75. The molecule has 0 aromatic rings. The van der Waals surface area contributed by atoms with Gasteiger partial charge in [0.15, 0.2) is 0 Å². The number of rotatable bonds is 7. The van der Waals surface area contributed by atoms with Gasteiger partial charge in [0.05, 0.1) is 0 Å². The fourth-order valence-electron chi connectivity index (χ4n) is 1.24. The Labute approximate surface area is 85.9 Å². The molecule has 0 saturated heterocycles. The molecule has 0 radical (unpaired) electrons. The van der Waals surface area contributed by atoms with E-state index >= 15 is 0 Å². The van der Waals surface area contributed by atoms with E-state index in [0.29, 0.717) is 6.54 Å². The van der Waals surface area contributed by atoms with E-state index < -0.39 is 0 Å². The number of amides is 1. The third-order valence-corrected chi connectivity index (χ3v) is 2.23. The van der Waals surface area contributed by atoms with Crippen LogP contribution in [0.2, 0.25) is 0 Å². The quantitative estimate of drug-likeness (QED) is 0.554. The molecule has 0 saturated carbocycles. The van der Waals surface area contributed by atoms with Crippen molar-refractivity contribution >= 4 is 5.91 Å². The molecule has 0 fully saturated rings. The molecule has 0 spiro atoms. The van der Waals surface area contributed by atoms with E-state index in [1.165, 1.54) is 0 Å². The van der Waals surface area contributed by atoms with E-state index in [9.17, 15) is 4.79 Å². The Balaban J connectivity index is 3.69. The Morgan fingerprint density at radius 2 is 2.07 bits per heavy atom. The lowest BCUT2D eigenvalue weighted by atomic mass is 10.1. The smallest absolute Gasteiger partial charge is 0.223 e. The maximum Gasteiger partial charge on any atom is 0.223 e. The van der Waals surface area contributed by atoms with Gasteiger partial charge in [-0.25, -0.2) is 0 Å². The van der Waals surface area contributed by atoms with Crippen molar-refractivity contribution in [3.63, 3.8) is 0 Å². The second-order valence-electron chi connectivity index (χ2n) is 3.75. The van der Waals surface area contributed by atoms with Crippen molar-refractivity contribution in [1.82, 2.24) is 5.32 Å². The Morgan fingerprint density at radius 3 is 2.57 bits per heavy atom. The molecule has 0 aromatic carbocycles. The summed E-state index contributed by atoms with van der Waals surface area (Å²) in [5.74, 6) is 0.0393. The van der Waals surface area contributed by atoms with Gasteiger partial charge < -0.3 is 16.2 Å². The SMILES string of the molecule is CC(CCCO)NC(=O)C(C)CCN. The summed E-state index contributed by atoms with van der Waals surface area (Å²) in [6.45, 7) is 4.54. The van der Waals surface area contributed by atoms with Crippen molar-refractivity contribution in [2.75, 3.05) is 13.2 Å². The molecule has 4 heteroatoms. The first-order valence-electron chi connectivity index (χ1n) is 5.23. The average molecular weight is 202 g/mol. The summed E-state index contributed by atoms with van der Waals surface area (Å²) in [5.41, 5.74) is 5.37. The number of carbonyl (C=O) groups excluding carboxylic acids is 1. The maximum atomic E-state index is 11.5. The van der Waals surface area contributed by atoms with E-state index in [1.807, 2.05) is 13.8 Å². The van der Waals surface area contributed by atoms with Crippen LogP contribution in [0.25, 0.3) is 0 Å². The highest BCUT2D eigenvalue weighted by Crippen LogP contribution is 2.02. The van der Waals surface area contributed by atoms with Gasteiger partial charge in [0.25, 0.3) is 0 Å². The molecule has 0 heterocycles. The minimum Gasteiger partial charge on any atom is -0.396 e. The second kappa shape index (κ2) is 7.76. The van der Waals surface area contributed by atoms with Gasteiger partial charge in [0, 0.05) is 18.6 Å². The number of nitrogens with one attached hydrogen (secondary N) is 1. The van der Waals surface area contributed by atoms with Gasteiger partial charge in [-0.3, -0.25) is 4.79 Å². The average Bonchev–Trinajstić information content (AvgIpc) is 2.15. The summed E-state index contributed by atoms with van der Waals surface area (Å²) < 4.78 is 0. The third kappa shape index (κ3) is 5.94. The van der Waals surface area contributed by atoms with Crippen molar-refractivity contribution in [2.24, 2.45) is 11.7 Å². The van der Waals surface area contributed by atoms with E-state index in [0.717, 1.165) is 19.3 Å². The zero-order valence-electron chi connectivity index (χ0n) is 9.12. The molecule has 2 atom stereocenters. The highest BCUT2D eigenvalue weighted by Gasteiger charge is 2.13. The zero-order valence-corrected chi connectivity index (χ0v) is 9.12. The molecule has 0 bridgehead atoms. The lowest BCUT2D eigenvalue weighted by Gasteiger charge is -2.16. The number of carbonyl (C=O) groups is 1. The molecule has 84 valence electrons. The fourth-order valence-corrected chi connectivity index (χ4v) is 1.24. The number of nitrogens with two attached hydrogens (primary N) is 1. The summed E-state index contributed by atoms with van der Waals surface area (Å²) in [6.07, 6.45) is 2.27. The molecular weight excluding hydrogens is 180 g/mol. The van der Waals surface area contributed by atoms with Crippen LogP contribution in [-0.4, -0.2) is 30.2 Å². The van der Waals surface area contributed by atoms with Gasteiger partial charge in [-0.15, -0.1) is 0 Å². The van der Waals surface area contributed by atoms with Crippen molar-refractivity contribution in [3.05, 3.63) is 0 Å². The van der Waals surface area contributed by atoms with Crippen molar-refractivity contribution in [1.29, 1.82) is 0 Å². The Morgan fingerprint density at radius 1 is 1.43 bits per heavy atom. The Kier molecular flexibility index (Phi) is 7.42.